The topological polar surface area (TPSA) is 72.9 Å². The van der Waals surface area contributed by atoms with Gasteiger partial charge in [0.2, 0.25) is 0 Å². The van der Waals surface area contributed by atoms with Crippen molar-refractivity contribution in [2.45, 2.75) is 26.2 Å². The summed E-state index contributed by atoms with van der Waals surface area (Å²) in [5.41, 5.74) is -0.724. The molecule has 1 atom stereocenters. The van der Waals surface area contributed by atoms with Crippen molar-refractivity contribution in [3.63, 3.8) is 0 Å². The number of piperazine rings is 1. The van der Waals surface area contributed by atoms with Crippen molar-refractivity contribution in [3.05, 3.63) is 0 Å². The summed E-state index contributed by atoms with van der Waals surface area (Å²) in [6, 6.07) is 0.000674. The summed E-state index contributed by atoms with van der Waals surface area (Å²) in [5.74, 6) is -0.759. The van der Waals surface area contributed by atoms with Gasteiger partial charge in [-0.2, -0.15) is 0 Å². The number of carboxylic acids is 1. The van der Waals surface area contributed by atoms with Gasteiger partial charge in [0.25, 0.3) is 0 Å². The van der Waals surface area contributed by atoms with E-state index in [-0.39, 0.29) is 6.03 Å². The monoisotopic (exact) mass is 269 g/mol. The van der Waals surface area contributed by atoms with Crippen molar-refractivity contribution >= 4 is 12.0 Å². The minimum Gasteiger partial charge on any atom is -0.481 e. The second-order valence-electron chi connectivity index (χ2n) is 5.53. The highest BCUT2D eigenvalue weighted by Crippen LogP contribution is 2.36. The van der Waals surface area contributed by atoms with Gasteiger partial charge in [0, 0.05) is 39.3 Å². The fourth-order valence-corrected chi connectivity index (χ4v) is 3.06. The Balaban J connectivity index is 1.99. The van der Waals surface area contributed by atoms with Gasteiger partial charge in [-0.25, -0.2) is 4.79 Å². The molecule has 2 N–H and O–H groups in total. The first-order valence-corrected chi connectivity index (χ1v) is 7.07. The Kier molecular flexibility index (Phi) is 4.29. The molecular weight excluding hydrogens is 246 g/mol. The number of carbonyl (C=O) groups excluding carboxylic acids is 1. The molecule has 6 nitrogen and oxygen atoms in total. The van der Waals surface area contributed by atoms with Gasteiger partial charge in [0.1, 0.15) is 0 Å². The van der Waals surface area contributed by atoms with Gasteiger partial charge < -0.3 is 20.2 Å². The lowest BCUT2D eigenvalue weighted by Gasteiger charge is -2.32. The van der Waals surface area contributed by atoms with E-state index < -0.39 is 11.4 Å². The van der Waals surface area contributed by atoms with Crippen LogP contribution < -0.4 is 5.32 Å². The molecule has 0 aromatic carbocycles. The molecule has 0 saturated carbocycles. The van der Waals surface area contributed by atoms with Crippen LogP contribution in [0.15, 0.2) is 0 Å². The lowest BCUT2D eigenvalue weighted by atomic mass is 9.83. The van der Waals surface area contributed by atoms with Crippen LogP contribution in [0.3, 0.4) is 0 Å². The molecule has 2 aliphatic heterocycles. The van der Waals surface area contributed by atoms with Crippen molar-refractivity contribution in [2.24, 2.45) is 5.41 Å². The number of aliphatic carboxylic acids is 1. The molecule has 2 rings (SSSR count). The molecule has 2 amide bonds. The number of urea groups is 1. The van der Waals surface area contributed by atoms with E-state index in [0.29, 0.717) is 39.0 Å². The smallest absolute Gasteiger partial charge is 0.320 e. The zero-order chi connectivity index (χ0) is 13.9. The first-order chi connectivity index (χ1) is 9.09. The van der Waals surface area contributed by atoms with Crippen LogP contribution in [-0.2, 0) is 4.79 Å². The molecular formula is C13H23N3O3. The van der Waals surface area contributed by atoms with Crippen LogP contribution in [0.1, 0.15) is 26.2 Å². The number of rotatable bonds is 3. The molecule has 108 valence electrons. The minimum atomic E-state index is -0.759. The van der Waals surface area contributed by atoms with Crippen molar-refractivity contribution in [1.82, 2.24) is 15.1 Å². The summed E-state index contributed by atoms with van der Waals surface area (Å²) >= 11 is 0. The van der Waals surface area contributed by atoms with E-state index in [0.717, 1.165) is 19.5 Å². The fraction of sp³-hybridized carbons (Fsp3) is 0.846. The fourth-order valence-electron chi connectivity index (χ4n) is 3.06. The Bertz CT molecular complexity index is 355. The highest BCUT2D eigenvalue weighted by molar-refractivity contribution is 5.80. The molecule has 0 aromatic rings. The summed E-state index contributed by atoms with van der Waals surface area (Å²) < 4.78 is 0. The van der Waals surface area contributed by atoms with E-state index >= 15 is 0 Å². The normalized spacial score (nSPS) is 27.6. The van der Waals surface area contributed by atoms with Crippen molar-refractivity contribution in [1.29, 1.82) is 0 Å². The zero-order valence-corrected chi connectivity index (χ0v) is 11.5. The Hall–Kier alpha value is -1.30. The van der Waals surface area contributed by atoms with E-state index in [4.69, 9.17) is 0 Å². The highest BCUT2D eigenvalue weighted by Gasteiger charge is 2.46. The van der Waals surface area contributed by atoms with E-state index in [9.17, 15) is 14.7 Å². The zero-order valence-electron chi connectivity index (χ0n) is 11.5. The number of hydrogen-bond donors (Lipinski definition) is 2. The number of carbonyl (C=O) groups is 2. The number of likely N-dealkylation sites (tertiary alicyclic amines) is 1. The molecule has 1 unspecified atom stereocenters. The SMILES string of the molecule is CCCC1(C(=O)O)CCN(C(=O)N2CCNCC2)C1. The average molecular weight is 269 g/mol. The molecule has 2 saturated heterocycles. The summed E-state index contributed by atoms with van der Waals surface area (Å²) in [7, 11) is 0. The molecule has 0 bridgehead atoms. The van der Waals surface area contributed by atoms with Crippen LogP contribution in [0.4, 0.5) is 4.79 Å². The predicted octanol–water partition coefficient (Wildman–Crippen LogP) is 0.588. The maximum atomic E-state index is 12.3. The first-order valence-electron chi connectivity index (χ1n) is 7.07. The van der Waals surface area contributed by atoms with Crippen LogP contribution >= 0.6 is 0 Å². The predicted molar refractivity (Wildman–Crippen MR) is 71.0 cm³/mol. The lowest BCUT2D eigenvalue weighted by molar-refractivity contribution is -0.148. The summed E-state index contributed by atoms with van der Waals surface area (Å²) in [5, 5.41) is 12.7. The molecule has 19 heavy (non-hydrogen) atoms. The van der Waals surface area contributed by atoms with E-state index in [1.807, 2.05) is 11.8 Å². The summed E-state index contributed by atoms with van der Waals surface area (Å²) in [4.78, 5) is 27.4. The van der Waals surface area contributed by atoms with Gasteiger partial charge in [-0.15, -0.1) is 0 Å². The molecule has 0 aromatic heterocycles. The highest BCUT2D eigenvalue weighted by atomic mass is 16.4. The van der Waals surface area contributed by atoms with Crippen molar-refractivity contribution < 1.29 is 14.7 Å². The number of hydrogen-bond acceptors (Lipinski definition) is 3. The van der Waals surface area contributed by atoms with Gasteiger partial charge in [0.05, 0.1) is 5.41 Å². The number of nitrogens with one attached hydrogen (secondary N) is 1. The lowest BCUT2D eigenvalue weighted by Crippen LogP contribution is -2.51. The summed E-state index contributed by atoms with van der Waals surface area (Å²) in [6.45, 7) is 5.98. The quantitative estimate of drug-likeness (QED) is 0.786. The second kappa shape index (κ2) is 5.77. The second-order valence-corrected chi connectivity index (χ2v) is 5.53. The van der Waals surface area contributed by atoms with E-state index in [1.165, 1.54) is 0 Å². The third kappa shape index (κ3) is 2.83. The maximum Gasteiger partial charge on any atom is 0.320 e. The molecule has 2 heterocycles. The Labute approximate surface area is 113 Å². The van der Waals surface area contributed by atoms with Gasteiger partial charge in [0.15, 0.2) is 0 Å². The van der Waals surface area contributed by atoms with Crippen LogP contribution in [0.2, 0.25) is 0 Å². The molecule has 0 aliphatic carbocycles. The Morgan fingerprint density at radius 2 is 1.89 bits per heavy atom. The van der Waals surface area contributed by atoms with Gasteiger partial charge in [-0.3, -0.25) is 4.79 Å². The van der Waals surface area contributed by atoms with Gasteiger partial charge in [-0.05, 0) is 12.8 Å². The van der Waals surface area contributed by atoms with Crippen LogP contribution in [0.25, 0.3) is 0 Å². The van der Waals surface area contributed by atoms with Gasteiger partial charge in [-0.1, -0.05) is 13.3 Å². The van der Waals surface area contributed by atoms with E-state index in [2.05, 4.69) is 5.32 Å². The standard InChI is InChI=1S/C13H23N3O3/c1-2-3-13(11(17)18)4-7-16(10-13)12(19)15-8-5-14-6-9-15/h14H,2-10H2,1H3,(H,17,18). The third-order valence-electron chi connectivity index (χ3n) is 4.19. The first kappa shape index (κ1) is 14.1. The third-order valence-corrected chi connectivity index (χ3v) is 4.19. The molecule has 0 radical (unpaired) electrons. The number of nitrogens with zero attached hydrogens (tertiary/aromatic N) is 2. The van der Waals surface area contributed by atoms with Crippen molar-refractivity contribution in [2.75, 3.05) is 39.3 Å². The number of amides is 2. The van der Waals surface area contributed by atoms with Crippen LogP contribution in [0.5, 0.6) is 0 Å². The average Bonchev–Trinajstić information content (AvgIpc) is 2.85. The van der Waals surface area contributed by atoms with Crippen molar-refractivity contribution in [3.8, 4) is 0 Å². The molecule has 6 heteroatoms. The molecule has 2 aliphatic rings. The van der Waals surface area contributed by atoms with Gasteiger partial charge >= 0.3 is 12.0 Å². The summed E-state index contributed by atoms with van der Waals surface area (Å²) in [6.07, 6.45) is 2.06. The van der Waals surface area contributed by atoms with E-state index in [1.54, 1.807) is 4.90 Å². The minimum absolute atomic E-state index is 0.000674. The largest absolute Gasteiger partial charge is 0.481 e. The molecule has 0 spiro atoms. The number of carboxylic acid groups (broad SMARTS) is 1. The Morgan fingerprint density at radius 1 is 1.21 bits per heavy atom. The van der Waals surface area contributed by atoms with Crippen LogP contribution in [-0.4, -0.2) is 66.2 Å². The van der Waals surface area contributed by atoms with Crippen LogP contribution in [0, 0.1) is 5.41 Å². The maximum absolute atomic E-state index is 12.3. The Morgan fingerprint density at radius 3 is 2.47 bits per heavy atom. The molecule has 2 fully saturated rings.